The van der Waals surface area contributed by atoms with Gasteiger partial charge in [-0.15, -0.1) is 0 Å². The van der Waals surface area contributed by atoms with Gasteiger partial charge in [0, 0.05) is 49.4 Å². The molecule has 3 aromatic carbocycles. The minimum atomic E-state index is -0.668. The fourth-order valence-corrected chi connectivity index (χ4v) is 7.12. The first-order valence-electron chi connectivity index (χ1n) is 16.3. The molecule has 1 aliphatic carbocycles. The largest absolute Gasteiger partial charge is 0.465 e. The average Bonchev–Trinajstić information content (AvgIpc) is 3.92. The molecule has 4 aromatic rings. The Kier molecular flexibility index (Phi) is 8.44. The van der Waals surface area contributed by atoms with Gasteiger partial charge in [0.15, 0.2) is 0 Å². The lowest BCUT2D eigenvalue weighted by Gasteiger charge is -2.42. The van der Waals surface area contributed by atoms with Crippen LogP contribution in [0.25, 0.3) is 0 Å². The highest BCUT2D eigenvalue weighted by atomic mass is 19.1. The number of aliphatic imine (C=N–C) groups is 1. The van der Waals surface area contributed by atoms with Crippen LogP contribution in [0.1, 0.15) is 66.9 Å². The first-order chi connectivity index (χ1) is 22.8. The molecule has 47 heavy (non-hydrogen) atoms. The molecule has 0 amide bonds. The molecular weight excluding hydrogens is 600 g/mol. The van der Waals surface area contributed by atoms with Crippen molar-refractivity contribution in [1.29, 1.82) is 0 Å². The van der Waals surface area contributed by atoms with Crippen LogP contribution in [0.5, 0.6) is 0 Å². The summed E-state index contributed by atoms with van der Waals surface area (Å²) in [6.45, 7) is 6.16. The van der Waals surface area contributed by atoms with Crippen molar-refractivity contribution in [3.63, 3.8) is 0 Å². The van der Waals surface area contributed by atoms with Crippen LogP contribution in [0.2, 0.25) is 0 Å². The fraction of sp³-hybridized carbons (Fsp3) is 0.351. The topological polar surface area (TPSA) is 80.0 Å². The summed E-state index contributed by atoms with van der Waals surface area (Å²) in [7, 11) is 0. The van der Waals surface area contributed by atoms with Crippen LogP contribution in [-0.2, 0) is 9.53 Å². The number of hydrogen-bond acceptors (Lipinski definition) is 7. The highest BCUT2D eigenvalue weighted by Crippen LogP contribution is 2.49. The molecule has 0 bridgehead atoms. The summed E-state index contributed by atoms with van der Waals surface area (Å²) in [5, 5.41) is 0. The van der Waals surface area contributed by atoms with E-state index in [1.807, 2.05) is 37.3 Å². The van der Waals surface area contributed by atoms with E-state index in [2.05, 4.69) is 9.80 Å². The summed E-state index contributed by atoms with van der Waals surface area (Å²) in [4.78, 5) is 41.3. The molecule has 0 radical (unpaired) electrons. The first-order valence-corrected chi connectivity index (χ1v) is 16.3. The van der Waals surface area contributed by atoms with E-state index < -0.39 is 11.8 Å². The van der Waals surface area contributed by atoms with Gasteiger partial charge >= 0.3 is 11.7 Å². The van der Waals surface area contributed by atoms with Gasteiger partial charge in [0.2, 0.25) is 0 Å². The van der Waals surface area contributed by atoms with Gasteiger partial charge in [0.1, 0.15) is 29.2 Å². The normalized spacial score (nSPS) is 19.8. The highest BCUT2D eigenvalue weighted by Gasteiger charge is 2.44. The molecule has 242 valence electrons. The van der Waals surface area contributed by atoms with E-state index in [-0.39, 0.29) is 42.0 Å². The fourth-order valence-electron chi connectivity index (χ4n) is 7.12. The average molecular weight is 638 g/mol. The lowest BCUT2D eigenvalue weighted by molar-refractivity contribution is -0.146. The van der Waals surface area contributed by atoms with Crippen molar-refractivity contribution in [3.05, 3.63) is 123 Å². The number of aromatic nitrogens is 2. The Morgan fingerprint density at radius 2 is 1.49 bits per heavy atom. The number of carbonyl (C=O) groups excluding carboxylic acids is 1. The number of hydrogen-bond donors (Lipinski definition) is 0. The Bertz CT molecular complexity index is 1800. The van der Waals surface area contributed by atoms with E-state index in [1.165, 1.54) is 24.3 Å². The van der Waals surface area contributed by atoms with E-state index in [9.17, 15) is 18.4 Å². The molecule has 1 saturated carbocycles. The zero-order valence-electron chi connectivity index (χ0n) is 26.5. The Morgan fingerprint density at radius 1 is 0.894 bits per heavy atom. The van der Waals surface area contributed by atoms with Crippen molar-refractivity contribution in [3.8, 4) is 0 Å². The number of halogens is 2. The quantitative estimate of drug-likeness (QED) is 0.215. The molecule has 2 atom stereocenters. The number of benzene rings is 3. The van der Waals surface area contributed by atoms with Crippen LogP contribution in [0.4, 0.5) is 20.4 Å². The van der Waals surface area contributed by atoms with Crippen molar-refractivity contribution in [1.82, 2.24) is 14.5 Å². The zero-order valence-corrected chi connectivity index (χ0v) is 26.5. The molecule has 8 nitrogen and oxygen atoms in total. The maximum atomic E-state index is 13.9. The monoisotopic (exact) mass is 637 g/mol. The molecular formula is C37H37F2N5O3. The van der Waals surface area contributed by atoms with E-state index >= 15 is 0 Å². The number of ether oxygens (including phenoxy) is 1. The van der Waals surface area contributed by atoms with Gasteiger partial charge in [-0.2, -0.15) is 4.98 Å². The highest BCUT2D eigenvalue weighted by molar-refractivity contribution is 6.05. The Morgan fingerprint density at radius 3 is 2.04 bits per heavy atom. The Hall–Kier alpha value is -4.70. The molecule has 3 heterocycles. The lowest BCUT2D eigenvalue weighted by atomic mass is 9.76. The lowest BCUT2D eigenvalue weighted by Crippen LogP contribution is -2.49. The van der Waals surface area contributed by atoms with Gasteiger partial charge in [0.05, 0.1) is 12.6 Å². The minimum absolute atomic E-state index is 0.0361. The van der Waals surface area contributed by atoms with Crippen molar-refractivity contribution in [2.75, 3.05) is 37.7 Å². The Labute approximate surface area is 272 Å². The van der Waals surface area contributed by atoms with Gasteiger partial charge in [-0.3, -0.25) is 14.3 Å². The summed E-state index contributed by atoms with van der Waals surface area (Å²) >= 11 is 0. The maximum Gasteiger partial charge on any atom is 0.351 e. The van der Waals surface area contributed by atoms with Gasteiger partial charge < -0.3 is 9.64 Å². The van der Waals surface area contributed by atoms with Crippen LogP contribution in [0, 0.1) is 17.6 Å². The summed E-state index contributed by atoms with van der Waals surface area (Å²) < 4.78 is 35.1. The molecule has 1 aromatic heterocycles. The summed E-state index contributed by atoms with van der Waals surface area (Å²) in [6, 6.07) is 22.5. The van der Waals surface area contributed by atoms with Crippen LogP contribution < -0.4 is 10.6 Å². The van der Waals surface area contributed by atoms with E-state index in [4.69, 9.17) is 14.7 Å². The third-order valence-electron chi connectivity index (χ3n) is 9.46. The molecule has 2 aliphatic heterocycles. The number of rotatable bonds is 8. The minimum Gasteiger partial charge on any atom is -0.465 e. The summed E-state index contributed by atoms with van der Waals surface area (Å²) in [5.74, 6) is -0.985. The third kappa shape index (κ3) is 5.98. The predicted molar refractivity (Wildman–Crippen MR) is 176 cm³/mol. The summed E-state index contributed by atoms with van der Waals surface area (Å²) in [6.07, 6.45) is 1.76. The molecule has 3 aliphatic rings. The second-order valence-corrected chi connectivity index (χ2v) is 12.5. The van der Waals surface area contributed by atoms with E-state index in [0.29, 0.717) is 43.5 Å². The van der Waals surface area contributed by atoms with Gasteiger partial charge in [-0.25, -0.2) is 18.6 Å². The Balaban J connectivity index is 1.29. The van der Waals surface area contributed by atoms with Gasteiger partial charge in [0.25, 0.3) is 0 Å². The second-order valence-electron chi connectivity index (χ2n) is 12.5. The zero-order chi connectivity index (χ0) is 32.7. The van der Waals surface area contributed by atoms with Crippen molar-refractivity contribution in [2.45, 2.75) is 44.7 Å². The van der Waals surface area contributed by atoms with Gasteiger partial charge in [-0.1, -0.05) is 54.6 Å². The second kappa shape index (κ2) is 12.8. The van der Waals surface area contributed by atoms with Gasteiger partial charge in [-0.05, 0) is 67.6 Å². The smallest absolute Gasteiger partial charge is 0.351 e. The molecule has 2 fully saturated rings. The van der Waals surface area contributed by atoms with Crippen LogP contribution in [0.15, 0.2) is 88.6 Å². The molecule has 7 rings (SSSR count). The van der Waals surface area contributed by atoms with Crippen molar-refractivity contribution >= 4 is 23.3 Å². The van der Waals surface area contributed by atoms with E-state index in [1.54, 1.807) is 35.8 Å². The SMILES string of the molecule is CCOC(=O)C1C(C)=Nc2c(c(N3CCN(C(c4ccc(F)cc4)c4ccc(F)cc4)CC3)nc(=O)n2C2CC2)C1c1ccccc1. The van der Waals surface area contributed by atoms with Crippen molar-refractivity contribution in [2.24, 2.45) is 10.9 Å². The van der Waals surface area contributed by atoms with Crippen LogP contribution >= 0.6 is 0 Å². The number of esters is 1. The third-order valence-corrected chi connectivity index (χ3v) is 9.46. The number of nitrogens with zero attached hydrogens (tertiary/aromatic N) is 5. The van der Waals surface area contributed by atoms with Crippen LogP contribution in [0.3, 0.4) is 0 Å². The molecule has 0 N–H and O–H groups in total. The van der Waals surface area contributed by atoms with Crippen molar-refractivity contribution < 1.29 is 18.3 Å². The number of fused-ring (bicyclic) bond motifs is 1. The number of anilines is 1. The standard InChI is InChI=1S/C37H37F2N5O3/c1-3-47-36(45)30-23(2)40-35-32(31(30)24-7-5-4-6-8-24)34(41-37(46)44(35)29-17-18-29)43-21-19-42(20-22-43)33(25-9-13-27(38)14-10-25)26-11-15-28(39)16-12-26/h4-16,29-31,33H,3,17-22H2,1-2H3. The molecule has 10 heteroatoms. The number of carbonyl (C=O) groups is 1. The first kappa shape index (κ1) is 30.9. The van der Waals surface area contributed by atoms with E-state index in [0.717, 1.165) is 35.1 Å². The molecule has 0 spiro atoms. The number of piperazine rings is 1. The predicted octanol–water partition coefficient (Wildman–Crippen LogP) is 6.19. The molecule has 1 saturated heterocycles. The summed E-state index contributed by atoms with van der Waals surface area (Å²) in [5.41, 5.74) is 3.78. The maximum absolute atomic E-state index is 13.9. The molecule has 2 unspecified atom stereocenters. The van der Waals surface area contributed by atoms with Crippen LogP contribution in [-0.4, -0.2) is 58.9 Å².